The van der Waals surface area contributed by atoms with Gasteiger partial charge in [-0.2, -0.15) is 0 Å². The Labute approximate surface area is 71.2 Å². The molecular weight excluding hydrogens is 160 g/mol. The molecule has 4 nitrogen and oxygen atoms in total. The second-order valence-corrected chi connectivity index (χ2v) is 3.20. The third kappa shape index (κ3) is 1.76. The molecule has 0 aromatic rings. The van der Waals surface area contributed by atoms with Gasteiger partial charge in [0.15, 0.2) is 0 Å². The number of carbonyl (C=O) groups excluding carboxylic acids is 1. The number of aliphatic hydroxyl groups excluding tert-OH is 2. The van der Waals surface area contributed by atoms with Crippen LogP contribution < -0.4 is 0 Å². The maximum Gasteiger partial charge on any atom is 0.308 e. The van der Waals surface area contributed by atoms with Gasteiger partial charge < -0.3 is 14.9 Å². The average molecular weight is 174 g/mol. The van der Waals surface area contributed by atoms with Crippen LogP contribution in [-0.2, 0) is 9.53 Å². The lowest BCUT2D eigenvalue weighted by Crippen LogP contribution is -2.16. The highest BCUT2D eigenvalue weighted by Gasteiger charge is 2.36. The summed E-state index contributed by atoms with van der Waals surface area (Å²) < 4.78 is 4.54. The molecule has 0 amide bonds. The summed E-state index contributed by atoms with van der Waals surface area (Å²) in [5.74, 6) is -0.679. The first-order valence-corrected chi connectivity index (χ1v) is 4.05. The van der Waals surface area contributed by atoms with Crippen molar-refractivity contribution >= 4 is 5.97 Å². The first-order valence-electron chi connectivity index (χ1n) is 4.05. The Morgan fingerprint density at radius 1 is 1.58 bits per heavy atom. The van der Waals surface area contributed by atoms with E-state index in [-0.39, 0.29) is 24.4 Å². The van der Waals surface area contributed by atoms with Crippen molar-refractivity contribution in [2.75, 3.05) is 13.7 Å². The van der Waals surface area contributed by atoms with E-state index in [1.165, 1.54) is 7.11 Å². The zero-order valence-corrected chi connectivity index (χ0v) is 7.06. The van der Waals surface area contributed by atoms with Crippen LogP contribution in [0.15, 0.2) is 0 Å². The summed E-state index contributed by atoms with van der Waals surface area (Å²) in [6.45, 7) is -0.0609. The van der Waals surface area contributed by atoms with Gasteiger partial charge in [-0.3, -0.25) is 4.79 Å². The smallest absolute Gasteiger partial charge is 0.308 e. The quantitative estimate of drug-likeness (QED) is 0.556. The maximum absolute atomic E-state index is 11.0. The topological polar surface area (TPSA) is 66.8 Å². The van der Waals surface area contributed by atoms with Crippen molar-refractivity contribution in [3.63, 3.8) is 0 Å². The molecule has 70 valence electrons. The molecule has 1 aliphatic carbocycles. The summed E-state index contributed by atoms with van der Waals surface area (Å²) in [5.41, 5.74) is 0. The van der Waals surface area contributed by atoms with E-state index in [2.05, 4.69) is 4.74 Å². The highest BCUT2D eigenvalue weighted by atomic mass is 16.5. The zero-order valence-electron chi connectivity index (χ0n) is 7.06. The van der Waals surface area contributed by atoms with Gasteiger partial charge in [-0.25, -0.2) is 0 Å². The Bertz CT molecular complexity index is 168. The van der Waals surface area contributed by atoms with Gasteiger partial charge in [-0.05, 0) is 12.8 Å². The highest BCUT2D eigenvalue weighted by molar-refractivity contribution is 5.72. The van der Waals surface area contributed by atoms with E-state index in [4.69, 9.17) is 5.11 Å². The molecule has 0 heterocycles. The number of esters is 1. The van der Waals surface area contributed by atoms with Gasteiger partial charge >= 0.3 is 5.97 Å². The zero-order chi connectivity index (χ0) is 9.14. The van der Waals surface area contributed by atoms with Crippen molar-refractivity contribution in [1.82, 2.24) is 0 Å². The normalized spacial score (nSPS) is 35.1. The van der Waals surface area contributed by atoms with E-state index < -0.39 is 6.10 Å². The molecule has 4 heteroatoms. The molecule has 1 aliphatic rings. The Morgan fingerprint density at radius 3 is 2.67 bits per heavy atom. The first kappa shape index (κ1) is 9.48. The number of aliphatic hydroxyl groups is 2. The van der Waals surface area contributed by atoms with Gasteiger partial charge in [0.1, 0.15) is 0 Å². The molecule has 1 fully saturated rings. The van der Waals surface area contributed by atoms with Gasteiger partial charge in [0.05, 0.1) is 19.1 Å². The molecule has 0 radical (unpaired) electrons. The lowest BCUT2D eigenvalue weighted by Gasteiger charge is -2.08. The summed E-state index contributed by atoms with van der Waals surface area (Å²) in [4.78, 5) is 11.0. The summed E-state index contributed by atoms with van der Waals surface area (Å²) in [5, 5.41) is 18.1. The molecular formula is C8H14O4. The van der Waals surface area contributed by atoms with Crippen LogP contribution in [-0.4, -0.2) is 36.0 Å². The fourth-order valence-corrected chi connectivity index (χ4v) is 1.66. The van der Waals surface area contributed by atoms with Gasteiger partial charge in [-0.1, -0.05) is 0 Å². The summed E-state index contributed by atoms with van der Waals surface area (Å²) >= 11 is 0. The second kappa shape index (κ2) is 3.87. The molecule has 1 saturated carbocycles. The van der Waals surface area contributed by atoms with E-state index in [1.807, 2.05) is 0 Å². The van der Waals surface area contributed by atoms with Crippen LogP contribution in [0, 0.1) is 11.8 Å². The standard InChI is InChI=1S/C8H14O4/c1-12-8(11)5-2-6(4-9)7(10)3-5/h5-7,9-10H,2-4H2,1H3/t5-,6-,7-/m0/s1. The molecule has 0 bridgehead atoms. The van der Waals surface area contributed by atoms with Gasteiger partial charge in [-0.15, -0.1) is 0 Å². The molecule has 0 aromatic heterocycles. The molecule has 1 rings (SSSR count). The van der Waals surface area contributed by atoms with Crippen LogP contribution in [0.4, 0.5) is 0 Å². The lowest BCUT2D eigenvalue weighted by atomic mass is 10.1. The van der Waals surface area contributed by atoms with Crippen LogP contribution >= 0.6 is 0 Å². The third-order valence-corrected chi connectivity index (χ3v) is 2.43. The van der Waals surface area contributed by atoms with Crippen LogP contribution in [0.2, 0.25) is 0 Å². The summed E-state index contributed by atoms with van der Waals surface area (Å²) in [6.07, 6.45) is 0.390. The van der Waals surface area contributed by atoms with Crippen LogP contribution in [0.3, 0.4) is 0 Å². The van der Waals surface area contributed by atoms with Crippen molar-refractivity contribution in [2.45, 2.75) is 18.9 Å². The fraction of sp³-hybridized carbons (Fsp3) is 0.875. The number of carbonyl (C=O) groups is 1. The minimum atomic E-state index is -0.556. The van der Waals surface area contributed by atoms with E-state index in [0.717, 1.165) is 0 Å². The predicted octanol–water partition coefficient (Wildman–Crippen LogP) is -0.461. The number of rotatable bonds is 2. The molecule has 0 spiro atoms. The summed E-state index contributed by atoms with van der Waals surface area (Å²) in [6, 6.07) is 0. The van der Waals surface area contributed by atoms with Gasteiger partial charge in [0.25, 0.3) is 0 Å². The Kier molecular flexibility index (Phi) is 3.05. The third-order valence-electron chi connectivity index (χ3n) is 2.43. The predicted molar refractivity (Wildman–Crippen MR) is 41.3 cm³/mol. The monoisotopic (exact) mass is 174 g/mol. The molecule has 3 atom stereocenters. The van der Waals surface area contributed by atoms with Crippen molar-refractivity contribution in [1.29, 1.82) is 0 Å². The largest absolute Gasteiger partial charge is 0.469 e. The number of methoxy groups -OCH3 is 1. The lowest BCUT2D eigenvalue weighted by molar-refractivity contribution is -0.145. The van der Waals surface area contributed by atoms with Crippen LogP contribution in [0.5, 0.6) is 0 Å². The first-order chi connectivity index (χ1) is 5.69. The van der Waals surface area contributed by atoms with Crippen LogP contribution in [0.1, 0.15) is 12.8 Å². The minimum Gasteiger partial charge on any atom is -0.469 e. The number of hydrogen-bond acceptors (Lipinski definition) is 4. The Balaban J connectivity index is 2.48. The van der Waals surface area contributed by atoms with Gasteiger partial charge in [0.2, 0.25) is 0 Å². The average Bonchev–Trinajstić information content (AvgIpc) is 2.45. The second-order valence-electron chi connectivity index (χ2n) is 3.20. The molecule has 2 N–H and O–H groups in total. The van der Waals surface area contributed by atoms with E-state index >= 15 is 0 Å². The molecule has 12 heavy (non-hydrogen) atoms. The minimum absolute atomic E-state index is 0.0609. The molecule has 0 saturated heterocycles. The number of hydrogen-bond donors (Lipinski definition) is 2. The van der Waals surface area contributed by atoms with Crippen molar-refractivity contribution < 1.29 is 19.7 Å². The molecule has 0 aromatic carbocycles. The van der Waals surface area contributed by atoms with E-state index in [1.54, 1.807) is 0 Å². The fourth-order valence-electron chi connectivity index (χ4n) is 1.66. The SMILES string of the molecule is COC(=O)[C@H]1C[C@@H](CO)[C@@H](O)C1. The van der Waals surface area contributed by atoms with E-state index in [9.17, 15) is 9.90 Å². The summed E-state index contributed by atoms with van der Waals surface area (Å²) in [7, 11) is 1.33. The molecule has 0 unspecified atom stereocenters. The highest BCUT2D eigenvalue weighted by Crippen LogP contribution is 2.31. The van der Waals surface area contributed by atoms with Crippen molar-refractivity contribution in [3.8, 4) is 0 Å². The van der Waals surface area contributed by atoms with Gasteiger partial charge in [0, 0.05) is 12.5 Å². The number of ether oxygens (including phenoxy) is 1. The van der Waals surface area contributed by atoms with E-state index in [0.29, 0.717) is 12.8 Å². The van der Waals surface area contributed by atoms with Crippen molar-refractivity contribution in [2.24, 2.45) is 11.8 Å². The Morgan fingerprint density at radius 2 is 2.25 bits per heavy atom. The Hall–Kier alpha value is -0.610. The van der Waals surface area contributed by atoms with Crippen molar-refractivity contribution in [3.05, 3.63) is 0 Å². The molecule has 0 aliphatic heterocycles. The maximum atomic E-state index is 11.0. The van der Waals surface area contributed by atoms with Crippen LogP contribution in [0.25, 0.3) is 0 Å².